The number of carbonyl (C=O) groups is 1. The number of hydrogen-bond acceptors (Lipinski definition) is 6. The molecule has 0 saturated heterocycles. The molecule has 9 heteroatoms. The molecule has 0 aliphatic rings. The Morgan fingerprint density at radius 1 is 1.09 bits per heavy atom. The molecule has 0 aliphatic carbocycles. The fourth-order valence-corrected chi connectivity index (χ4v) is 3.77. The number of nitrogens with one attached hydrogen (secondary N) is 2. The van der Waals surface area contributed by atoms with Crippen molar-refractivity contribution >= 4 is 28.5 Å². The third kappa shape index (κ3) is 4.63. The van der Waals surface area contributed by atoms with Crippen LogP contribution in [0.4, 0.5) is 11.6 Å². The third-order valence-corrected chi connectivity index (χ3v) is 5.71. The number of nitrogens with zero attached hydrogens (tertiary/aromatic N) is 3. The van der Waals surface area contributed by atoms with Crippen molar-refractivity contribution in [3.05, 3.63) is 86.8 Å². The van der Waals surface area contributed by atoms with E-state index in [0.29, 0.717) is 5.69 Å². The van der Waals surface area contributed by atoms with Gasteiger partial charge < -0.3 is 15.0 Å². The number of rotatable bonds is 7. The largest absolute Gasteiger partial charge is 0.469 e. The van der Waals surface area contributed by atoms with Gasteiger partial charge in [-0.3, -0.25) is 9.36 Å². The smallest absolute Gasteiger partial charge is 0.354 e. The number of aromatic amines is 1. The standard InChI is InChI=1S/C25H27N5O4/c1-16-5-7-17(8-6-16)14-29-22(27-19-9-10-20-18(13-19)11-12-26-20)28-23(32)30(24(29)33)15-25(2,3)21(31)34-4/h5-13,26H,14-15H2,1-4H3,(H,27,28,32). The molecule has 2 heterocycles. The molecule has 0 amide bonds. The number of aryl methyl sites for hydroxylation is 1. The monoisotopic (exact) mass is 461 g/mol. The Balaban J connectivity index is 1.80. The molecule has 4 rings (SSSR count). The maximum atomic E-state index is 13.5. The molecule has 0 spiro atoms. The van der Waals surface area contributed by atoms with Crippen LogP contribution in [-0.4, -0.2) is 32.2 Å². The van der Waals surface area contributed by atoms with E-state index in [1.807, 2.05) is 61.7 Å². The predicted octanol–water partition coefficient (Wildman–Crippen LogP) is 3.19. The molecule has 0 atom stereocenters. The van der Waals surface area contributed by atoms with E-state index < -0.39 is 22.8 Å². The van der Waals surface area contributed by atoms with Crippen molar-refractivity contribution in [3.8, 4) is 0 Å². The van der Waals surface area contributed by atoms with Crippen molar-refractivity contribution in [2.24, 2.45) is 5.41 Å². The highest BCUT2D eigenvalue weighted by Crippen LogP contribution is 2.21. The predicted molar refractivity (Wildman–Crippen MR) is 130 cm³/mol. The maximum Gasteiger partial charge on any atom is 0.354 e. The van der Waals surface area contributed by atoms with E-state index >= 15 is 0 Å². The average Bonchev–Trinajstić information content (AvgIpc) is 3.28. The van der Waals surface area contributed by atoms with Crippen LogP contribution in [-0.2, 0) is 22.6 Å². The number of ether oxygens (including phenoxy) is 1. The Bertz CT molecular complexity index is 1460. The zero-order valence-corrected chi connectivity index (χ0v) is 19.6. The number of esters is 1. The summed E-state index contributed by atoms with van der Waals surface area (Å²) in [6.07, 6.45) is 1.84. The molecule has 2 N–H and O–H groups in total. The van der Waals surface area contributed by atoms with Gasteiger partial charge in [0.05, 0.1) is 19.1 Å². The highest BCUT2D eigenvalue weighted by atomic mass is 16.5. The van der Waals surface area contributed by atoms with Crippen LogP contribution < -0.4 is 16.7 Å². The summed E-state index contributed by atoms with van der Waals surface area (Å²) in [6, 6.07) is 15.3. The lowest BCUT2D eigenvalue weighted by molar-refractivity contribution is -0.151. The van der Waals surface area contributed by atoms with E-state index in [0.717, 1.165) is 26.6 Å². The molecule has 0 radical (unpaired) electrons. The second-order valence-electron chi connectivity index (χ2n) is 8.94. The minimum absolute atomic E-state index is 0.123. The average molecular weight is 462 g/mol. The van der Waals surface area contributed by atoms with E-state index in [4.69, 9.17) is 4.74 Å². The van der Waals surface area contributed by atoms with E-state index in [2.05, 4.69) is 15.3 Å². The molecular formula is C25H27N5O4. The summed E-state index contributed by atoms with van der Waals surface area (Å²) in [5.41, 5.74) is 1.22. The minimum Gasteiger partial charge on any atom is -0.469 e. The maximum absolute atomic E-state index is 13.5. The molecule has 34 heavy (non-hydrogen) atoms. The van der Waals surface area contributed by atoms with Crippen LogP contribution in [0.1, 0.15) is 25.0 Å². The first-order chi connectivity index (χ1) is 16.2. The van der Waals surface area contributed by atoms with Crippen molar-refractivity contribution in [2.45, 2.75) is 33.9 Å². The number of aromatic nitrogens is 4. The minimum atomic E-state index is -1.09. The van der Waals surface area contributed by atoms with Crippen molar-refractivity contribution < 1.29 is 9.53 Å². The van der Waals surface area contributed by atoms with Gasteiger partial charge in [-0.2, -0.15) is 4.98 Å². The number of H-pyrrole nitrogens is 1. The van der Waals surface area contributed by atoms with E-state index in [1.54, 1.807) is 13.8 Å². The van der Waals surface area contributed by atoms with Gasteiger partial charge in [0.15, 0.2) is 0 Å². The fourth-order valence-electron chi connectivity index (χ4n) is 3.77. The second-order valence-corrected chi connectivity index (χ2v) is 8.94. The topological polar surface area (TPSA) is 111 Å². The van der Waals surface area contributed by atoms with Crippen molar-refractivity contribution in [2.75, 3.05) is 12.4 Å². The highest BCUT2D eigenvalue weighted by Gasteiger charge is 2.31. The van der Waals surface area contributed by atoms with E-state index in [1.165, 1.54) is 11.7 Å². The number of benzene rings is 2. The fraction of sp³-hybridized carbons (Fsp3) is 0.280. The molecule has 0 fully saturated rings. The summed E-state index contributed by atoms with van der Waals surface area (Å²) >= 11 is 0. The summed E-state index contributed by atoms with van der Waals surface area (Å²) in [7, 11) is 1.27. The Morgan fingerprint density at radius 3 is 2.53 bits per heavy atom. The van der Waals surface area contributed by atoms with Crippen molar-refractivity contribution in [3.63, 3.8) is 0 Å². The Morgan fingerprint density at radius 2 is 1.82 bits per heavy atom. The number of carbonyl (C=O) groups excluding carboxylic acids is 1. The number of fused-ring (bicyclic) bond motifs is 1. The lowest BCUT2D eigenvalue weighted by atomic mass is 9.94. The molecule has 176 valence electrons. The van der Waals surface area contributed by atoms with Crippen LogP contribution in [0.2, 0.25) is 0 Å². The summed E-state index contributed by atoms with van der Waals surface area (Å²) in [5.74, 6) is -0.400. The van der Waals surface area contributed by atoms with Gasteiger partial charge in [-0.15, -0.1) is 0 Å². The Kier molecular flexibility index (Phi) is 6.10. The van der Waals surface area contributed by atoms with Gasteiger partial charge in [0.2, 0.25) is 5.95 Å². The highest BCUT2D eigenvalue weighted by molar-refractivity contribution is 5.83. The summed E-state index contributed by atoms with van der Waals surface area (Å²) in [4.78, 5) is 45.9. The van der Waals surface area contributed by atoms with Crippen LogP contribution in [0, 0.1) is 12.3 Å². The lowest BCUT2D eigenvalue weighted by Crippen LogP contribution is -2.46. The summed E-state index contributed by atoms with van der Waals surface area (Å²) < 4.78 is 7.22. The quantitative estimate of drug-likeness (QED) is 0.409. The van der Waals surface area contributed by atoms with Crippen LogP contribution in [0.3, 0.4) is 0 Å². The molecule has 2 aromatic heterocycles. The zero-order valence-electron chi connectivity index (χ0n) is 19.6. The van der Waals surface area contributed by atoms with Gasteiger partial charge >= 0.3 is 17.3 Å². The lowest BCUT2D eigenvalue weighted by Gasteiger charge is -2.23. The van der Waals surface area contributed by atoms with Crippen LogP contribution >= 0.6 is 0 Å². The van der Waals surface area contributed by atoms with Gasteiger partial charge in [0.25, 0.3) is 0 Å². The second kappa shape index (κ2) is 9.01. The van der Waals surface area contributed by atoms with Gasteiger partial charge in [0.1, 0.15) is 0 Å². The van der Waals surface area contributed by atoms with Crippen LogP contribution in [0.25, 0.3) is 10.9 Å². The molecule has 0 bridgehead atoms. The Hall–Kier alpha value is -4.14. The Labute approximate surface area is 196 Å². The first-order valence-electron chi connectivity index (χ1n) is 10.9. The third-order valence-electron chi connectivity index (χ3n) is 5.71. The summed E-state index contributed by atoms with van der Waals surface area (Å²) in [5, 5.41) is 4.10. The normalized spacial score (nSPS) is 11.5. The number of hydrogen-bond donors (Lipinski definition) is 2. The van der Waals surface area contributed by atoms with E-state index in [-0.39, 0.29) is 19.0 Å². The van der Waals surface area contributed by atoms with Crippen LogP contribution in [0.15, 0.2) is 64.3 Å². The van der Waals surface area contributed by atoms with Gasteiger partial charge in [-0.1, -0.05) is 29.8 Å². The molecule has 9 nitrogen and oxygen atoms in total. The van der Waals surface area contributed by atoms with Gasteiger partial charge in [-0.05, 0) is 50.6 Å². The van der Waals surface area contributed by atoms with Crippen molar-refractivity contribution in [1.82, 2.24) is 19.1 Å². The van der Waals surface area contributed by atoms with Gasteiger partial charge in [-0.25, -0.2) is 14.2 Å². The number of methoxy groups -OCH3 is 1. The van der Waals surface area contributed by atoms with Gasteiger partial charge in [0, 0.05) is 29.3 Å². The van der Waals surface area contributed by atoms with Crippen LogP contribution in [0.5, 0.6) is 0 Å². The molecule has 0 unspecified atom stereocenters. The number of anilines is 2. The molecule has 2 aromatic carbocycles. The zero-order chi connectivity index (χ0) is 24.5. The molecule has 0 aliphatic heterocycles. The first-order valence-corrected chi connectivity index (χ1v) is 10.9. The summed E-state index contributed by atoms with van der Waals surface area (Å²) in [6.45, 7) is 5.25. The van der Waals surface area contributed by atoms with Crippen molar-refractivity contribution in [1.29, 1.82) is 0 Å². The molecule has 4 aromatic rings. The molecule has 0 saturated carbocycles. The SMILES string of the molecule is COC(=O)C(C)(C)Cn1c(=O)nc(Nc2ccc3[nH]ccc3c2)n(Cc2ccc(C)cc2)c1=O. The van der Waals surface area contributed by atoms with E-state index in [9.17, 15) is 14.4 Å². The first kappa shape index (κ1) is 23.0. The molecular weight excluding hydrogens is 434 g/mol.